The van der Waals surface area contributed by atoms with Crippen LogP contribution in [0.4, 0.5) is 0 Å². The van der Waals surface area contributed by atoms with Gasteiger partial charge in [-0.3, -0.25) is 4.79 Å². The van der Waals surface area contributed by atoms with Gasteiger partial charge >= 0.3 is 0 Å². The Balaban J connectivity index is 1.97. The van der Waals surface area contributed by atoms with Crippen molar-refractivity contribution in [2.45, 2.75) is 31.1 Å². The number of nitrogens with one attached hydrogen (secondary N) is 1. The minimum absolute atomic E-state index is 0.174. The lowest BCUT2D eigenvalue weighted by Crippen LogP contribution is -2.34. The fourth-order valence-corrected chi connectivity index (χ4v) is 3.02. The number of piperidine rings is 1. The highest BCUT2D eigenvalue weighted by Crippen LogP contribution is 2.21. The summed E-state index contributed by atoms with van der Waals surface area (Å²) in [5.41, 5.74) is 0.865. The molecule has 2 rings (SSSR count). The largest absolute Gasteiger partial charge is 0.316 e. The number of carbonyl (C=O) groups excluding carboxylic acids is 1. The number of hydrogen-bond donors (Lipinski definition) is 1. The third-order valence-corrected chi connectivity index (χ3v) is 4.50. The van der Waals surface area contributed by atoms with Crippen LogP contribution in [0.5, 0.6) is 0 Å². The van der Waals surface area contributed by atoms with Gasteiger partial charge in [-0.2, -0.15) is 0 Å². The highest BCUT2D eigenvalue weighted by atomic mass is 32.2. The van der Waals surface area contributed by atoms with Gasteiger partial charge in [0.1, 0.15) is 0 Å². The van der Waals surface area contributed by atoms with Crippen LogP contribution in [-0.2, 0) is 0 Å². The number of thioether (sulfide) groups is 1. The van der Waals surface area contributed by atoms with Crippen LogP contribution in [0.2, 0.25) is 0 Å². The summed E-state index contributed by atoms with van der Waals surface area (Å²) < 4.78 is 0. The Kier molecular flexibility index (Phi) is 5.26. The fraction of sp³-hybridized carbons (Fsp3) is 0.533. The molecular weight excluding hydrogens is 242 g/mol. The Morgan fingerprint density at radius 3 is 2.78 bits per heavy atom. The van der Waals surface area contributed by atoms with E-state index in [0.29, 0.717) is 5.78 Å². The summed E-state index contributed by atoms with van der Waals surface area (Å²) in [5, 5.41) is 3.30. The van der Waals surface area contributed by atoms with Crippen molar-refractivity contribution in [3.05, 3.63) is 29.8 Å². The Bertz CT molecular complexity index is 382. The predicted octanol–water partition coefficient (Wildman–Crippen LogP) is 3.37. The molecule has 1 aromatic rings. The van der Waals surface area contributed by atoms with E-state index in [2.05, 4.69) is 24.4 Å². The SMILES string of the molecule is CCCSc1ccc(C(=O)C2CCCNC2)cc1. The maximum Gasteiger partial charge on any atom is 0.167 e. The van der Waals surface area contributed by atoms with E-state index in [1.165, 1.54) is 11.3 Å². The molecule has 0 radical (unpaired) electrons. The first-order valence-corrected chi connectivity index (χ1v) is 7.77. The first kappa shape index (κ1) is 13.6. The number of benzene rings is 1. The lowest BCUT2D eigenvalue weighted by atomic mass is 9.91. The van der Waals surface area contributed by atoms with Crippen molar-refractivity contribution in [2.75, 3.05) is 18.8 Å². The van der Waals surface area contributed by atoms with Crippen LogP contribution >= 0.6 is 11.8 Å². The van der Waals surface area contributed by atoms with Crippen LogP contribution in [0.25, 0.3) is 0 Å². The van der Waals surface area contributed by atoms with Crippen LogP contribution in [0.3, 0.4) is 0 Å². The molecule has 1 aliphatic rings. The Labute approximate surface area is 114 Å². The van der Waals surface area contributed by atoms with Gasteiger partial charge in [-0.15, -0.1) is 11.8 Å². The maximum atomic E-state index is 12.3. The van der Waals surface area contributed by atoms with Crippen LogP contribution in [-0.4, -0.2) is 24.6 Å². The molecule has 0 aliphatic carbocycles. The molecule has 1 N–H and O–H groups in total. The lowest BCUT2D eigenvalue weighted by molar-refractivity contribution is 0.0899. The zero-order valence-corrected chi connectivity index (χ0v) is 11.8. The van der Waals surface area contributed by atoms with Gasteiger partial charge in [0, 0.05) is 22.9 Å². The molecule has 0 bridgehead atoms. The molecule has 1 aromatic carbocycles. The van der Waals surface area contributed by atoms with Crippen molar-refractivity contribution in [1.29, 1.82) is 0 Å². The van der Waals surface area contributed by atoms with Crippen molar-refractivity contribution in [3.63, 3.8) is 0 Å². The summed E-state index contributed by atoms with van der Waals surface area (Å²) in [6.45, 7) is 4.07. The van der Waals surface area contributed by atoms with Crippen molar-refractivity contribution in [3.8, 4) is 0 Å². The van der Waals surface area contributed by atoms with Gasteiger partial charge in [0.05, 0.1) is 0 Å². The zero-order valence-electron chi connectivity index (χ0n) is 10.9. The number of carbonyl (C=O) groups is 1. The number of ketones is 1. The van der Waals surface area contributed by atoms with Crippen LogP contribution in [0.1, 0.15) is 36.5 Å². The highest BCUT2D eigenvalue weighted by molar-refractivity contribution is 7.99. The van der Waals surface area contributed by atoms with Gasteiger partial charge in [-0.25, -0.2) is 0 Å². The second kappa shape index (κ2) is 6.95. The molecule has 18 heavy (non-hydrogen) atoms. The molecule has 0 amide bonds. The molecule has 1 atom stereocenters. The van der Waals surface area contributed by atoms with E-state index < -0.39 is 0 Å². The normalized spacial score (nSPS) is 19.7. The van der Waals surface area contributed by atoms with Crippen molar-refractivity contribution in [2.24, 2.45) is 5.92 Å². The van der Waals surface area contributed by atoms with E-state index in [-0.39, 0.29) is 5.92 Å². The van der Waals surface area contributed by atoms with E-state index >= 15 is 0 Å². The molecule has 98 valence electrons. The van der Waals surface area contributed by atoms with Crippen molar-refractivity contribution in [1.82, 2.24) is 5.32 Å². The molecule has 2 nitrogen and oxygen atoms in total. The van der Waals surface area contributed by atoms with E-state index in [1.807, 2.05) is 23.9 Å². The van der Waals surface area contributed by atoms with Crippen LogP contribution in [0.15, 0.2) is 29.2 Å². The third-order valence-electron chi connectivity index (χ3n) is 3.28. The minimum atomic E-state index is 0.174. The van der Waals surface area contributed by atoms with Gasteiger partial charge in [0.2, 0.25) is 0 Å². The van der Waals surface area contributed by atoms with Crippen LogP contribution in [0, 0.1) is 5.92 Å². The minimum Gasteiger partial charge on any atom is -0.316 e. The summed E-state index contributed by atoms with van der Waals surface area (Å²) in [7, 11) is 0. The maximum absolute atomic E-state index is 12.3. The quantitative estimate of drug-likeness (QED) is 0.652. The Morgan fingerprint density at radius 1 is 1.39 bits per heavy atom. The molecule has 1 fully saturated rings. The zero-order chi connectivity index (χ0) is 12.8. The smallest absolute Gasteiger partial charge is 0.167 e. The Morgan fingerprint density at radius 2 is 2.17 bits per heavy atom. The molecule has 1 unspecified atom stereocenters. The second-order valence-corrected chi connectivity index (χ2v) is 5.95. The average molecular weight is 263 g/mol. The number of Topliss-reactive ketones (excluding diaryl/α,β-unsaturated/α-hetero) is 1. The van der Waals surface area contributed by atoms with Gasteiger partial charge in [-0.05, 0) is 43.7 Å². The monoisotopic (exact) mass is 263 g/mol. The molecular formula is C15H21NOS. The molecule has 0 spiro atoms. The first-order chi connectivity index (χ1) is 8.81. The molecule has 1 aliphatic heterocycles. The highest BCUT2D eigenvalue weighted by Gasteiger charge is 2.21. The average Bonchev–Trinajstić information content (AvgIpc) is 2.46. The summed E-state index contributed by atoms with van der Waals surface area (Å²) >= 11 is 1.85. The van der Waals surface area contributed by atoms with Gasteiger partial charge in [0.25, 0.3) is 0 Å². The second-order valence-electron chi connectivity index (χ2n) is 4.78. The molecule has 1 heterocycles. The van der Waals surface area contributed by atoms with E-state index in [4.69, 9.17) is 0 Å². The van der Waals surface area contributed by atoms with E-state index in [0.717, 1.165) is 37.2 Å². The summed E-state index contributed by atoms with van der Waals surface area (Å²) in [5.74, 6) is 1.61. The summed E-state index contributed by atoms with van der Waals surface area (Å²) in [6, 6.07) is 8.11. The fourth-order valence-electron chi connectivity index (χ4n) is 2.25. The van der Waals surface area contributed by atoms with Crippen molar-refractivity contribution >= 4 is 17.5 Å². The summed E-state index contributed by atoms with van der Waals surface area (Å²) in [4.78, 5) is 13.5. The van der Waals surface area contributed by atoms with E-state index in [9.17, 15) is 4.79 Å². The standard InChI is InChI=1S/C15H21NOS/c1-2-10-18-14-7-5-12(6-8-14)15(17)13-4-3-9-16-11-13/h5-8,13,16H,2-4,9-11H2,1H3. The van der Waals surface area contributed by atoms with Crippen molar-refractivity contribution < 1.29 is 4.79 Å². The van der Waals surface area contributed by atoms with E-state index in [1.54, 1.807) is 0 Å². The number of rotatable bonds is 5. The van der Waals surface area contributed by atoms with Gasteiger partial charge in [0.15, 0.2) is 5.78 Å². The molecule has 0 saturated carbocycles. The molecule has 1 saturated heterocycles. The number of hydrogen-bond acceptors (Lipinski definition) is 3. The van der Waals surface area contributed by atoms with Gasteiger partial charge in [-0.1, -0.05) is 19.1 Å². The first-order valence-electron chi connectivity index (χ1n) is 6.79. The Hall–Kier alpha value is -0.800. The lowest BCUT2D eigenvalue weighted by Gasteiger charge is -2.21. The molecule has 0 aromatic heterocycles. The summed E-state index contributed by atoms with van der Waals surface area (Å²) in [6.07, 6.45) is 3.32. The predicted molar refractivity (Wildman–Crippen MR) is 77.4 cm³/mol. The van der Waals surface area contributed by atoms with Crippen LogP contribution < -0.4 is 5.32 Å². The van der Waals surface area contributed by atoms with Gasteiger partial charge < -0.3 is 5.32 Å². The molecule has 3 heteroatoms. The third kappa shape index (κ3) is 3.59. The topological polar surface area (TPSA) is 29.1 Å².